The maximum Gasteiger partial charge on any atom is 0.225 e. The molecular weight excluding hydrogens is 447 g/mol. The van der Waals surface area contributed by atoms with Gasteiger partial charge in [-0.15, -0.1) is 0 Å². The molecule has 2 N–H and O–H groups in total. The molecule has 0 aliphatic rings. The standard InChI is InChI=1S/C19H18ClIN4/c1-12(2)22-19-24-17(13-6-4-3-5-7-13)11-18(25-19)23-16-9-8-14(21)10-15(16)20/h3-12H,1-2H3,(H2,22,23,24,25). The lowest BCUT2D eigenvalue weighted by Gasteiger charge is -2.14. The Balaban J connectivity index is 2.00. The highest BCUT2D eigenvalue weighted by molar-refractivity contribution is 14.1. The molecule has 0 aliphatic carbocycles. The predicted octanol–water partition coefficient (Wildman–Crippen LogP) is 5.97. The molecule has 0 spiro atoms. The molecule has 0 bridgehead atoms. The van der Waals surface area contributed by atoms with Crippen LogP contribution in [0.3, 0.4) is 0 Å². The average Bonchev–Trinajstić information content (AvgIpc) is 2.57. The van der Waals surface area contributed by atoms with E-state index in [0.29, 0.717) is 16.8 Å². The van der Waals surface area contributed by atoms with E-state index in [2.05, 4.69) is 57.0 Å². The topological polar surface area (TPSA) is 49.8 Å². The molecule has 0 radical (unpaired) electrons. The summed E-state index contributed by atoms with van der Waals surface area (Å²) in [5.74, 6) is 1.28. The molecule has 0 saturated carbocycles. The smallest absolute Gasteiger partial charge is 0.225 e. The fraction of sp³-hybridized carbons (Fsp3) is 0.158. The van der Waals surface area contributed by atoms with E-state index in [-0.39, 0.29) is 6.04 Å². The van der Waals surface area contributed by atoms with Gasteiger partial charge in [-0.1, -0.05) is 41.9 Å². The molecule has 0 atom stereocenters. The lowest BCUT2D eigenvalue weighted by molar-refractivity contribution is 0.876. The maximum absolute atomic E-state index is 6.33. The van der Waals surface area contributed by atoms with Crippen LogP contribution in [0.25, 0.3) is 11.3 Å². The van der Waals surface area contributed by atoms with E-state index in [1.807, 2.05) is 54.6 Å². The molecular formula is C19H18ClIN4. The van der Waals surface area contributed by atoms with Gasteiger partial charge in [-0.05, 0) is 54.6 Å². The first-order valence-electron chi connectivity index (χ1n) is 7.94. The molecule has 0 unspecified atom stereocenters. The van der Waals surface area contributed by atoms with Crippen molar-refractivity contribution in [1.82, 2.24) is 9.97 Å². The first kappa shape index (κ1) is 17.9. The van der Waals surface area contributed by atoms with E-state index < -0.39 is 0 Å². The Kier molecular flexibility index (Phi) is 5.75. The zero-order valence-corrected chi connectivity index (χ0v) is 16.8. The minimum absolute atomic E-state index is 0.237. The van der Waals surface area contributed by atoms with Gasteiger partial charge < -0.3 is 10.6 Å². The van der Waals surface area contributed by atoms with Gasteiger partial charge >= 0.3 is 0 Å². The first-order chi connectivity index (χ1) is 12.0. The number of nitrogens with one attached hydrogen (secondary N) is 2. The van der Waals surface area contributed by atoms with Crippen LogP contribution in [0.15, 0.2) is 54.6 Å². The van der Waals surface area contributed by atoms with Crippen LogP contribution in [0.1, 0.15) is 13.8 Å². The Morgan fingerprint density at radius 3 is 2.44 bits per heavy atom. The lowest BCUT2D eigenvalue weighted by atomic mass is 10.1. The second-order valence-corrected chi connectivity index (χ2v) is 7.53. The summed E-state index contributed by atoms with van der Waals surface area (Å²) >= 11 is 8.57. The molecule has 25 heavy (non-hydrogen) atoms. The van der Waals surface area contributed by atoms with Crippen LogP contribution in [-0.2, 0) is 0 Å². The van der Waals surface area contributed by atoms with Crippen molar-refractivity contribution in [2.45, 2.75) is 19.9 Å². The van der Waals surface area contributed by atoms with Crippen molar-refractivity contribution >= 4 is 51.6 Å². The highest BCUT2D eigenvalue weighted by Crippen LogP contribution is 2.28. The predicted molar refractivity (Wildman–Crippen MR) is 114 cm³/mol. The van der Waals surface area contributed by atoms with E-state index >= 15 is 0 Å². The van der Waals surface area contributed by atoms with Crippen LogP contribution in [0, 0.1) is 3.57 Å². The minimum Gasteiger partial charge on any atom is -0.352 e. The number of halogens is 2. The fourth-order valence-corrected chi connectivity index (χ4v) is 3.22. The van der Waals surface area contributed by atoms with E-state index in [1.165, 1.54) is 0 Å². The van der Waals surface area contributed by atoms with E-state index in [9.17, 15) is 0 Å². The van der Waals surface area contributed by atoms with Gasteiger partial charge in [-0.25, -0.2) is 4.98 Å². The zero-order chi connectivity index (χ0) is 17.8. The van der Waals surface area contributed by atoms with Gasteiger partial charge in [-0.3, -0.25) is 0 Å². The second kappa shape index (κ2) is 8.01. The number of hydrogen-bond acceptors (Lipinski definition) is 4. The molecule has 2 aromatic carbocycles. The van der Waals surface area contributed by atoms with Gasteiger partial charge in [0.15, 0.2) is 0 Å². The van der Waals surface area contributed by atoms with Crippen molar-refractivity contribution in [2.75, 3.05) is 10.6 Å². The maximum atomic E-state index is 6.33. The van der Waals surface area contributed by atoms with Gasteiger partial charge in [0.1, 0.15) is 5.82 Å². The average molecular weight is 465 g/mol. The largest absolute Gasteiger partial charge is 0.352 e. The third-order valence-electron chi connectivity index (χ3n) is 3.41. The quantitative estimate of drug-likeness (QED) is 0.457. The molecule has 1 aromatic heterocycles. The molecule has 6 heteroatoms. The van der Waals surface area contributed by atoms with Crippen molar-refractivity contribution in [3.05, 3.63) is 63.2 Å². The van der Waals surface area contributed by atoms with Crippen LogP contribution in [0.4, 0.5) is 17.5 Å². The molecule has 3 aromatic rings. The molecule has 128 valence electrons. The Hall–Kier alpha value is -1.86. The molecule has 3 rings (SSSR count). The molecule has 4 nitrogen and oxygen atoms in total. The monoisotopic (exact) mass is 464 g/mol. The van der Waals surface area contributed by atoms with Crippen molar-refractivity contribution in [1.29, 1.82) is 0 Å². The summed E-state index contributed by atoms with van der Waals surface area (Å²) in [5, 5.41) is 7.22. The van der Waals surface area contributed by atoms with Crippen LogP contribution in [0.5, 0.6) is 0 Å². The number of nitrogens with zero attached hydrogens (tertiary/aromatic N) is 2. The highest BCUT2D eigenvalue weighted by atomic mass is 127. The molecule has 0 saturated heterocycles. The summed E-state index contributed by atoms with van der Waals surface area (Å²) in [6.45, 7) is 4.11. The van der Waals surface area contributed by atoms with Crippen LogP contribution in [-0.4, -0.2) is 16.0 Å². The normalized spacial score (nSPS) is 10.8. The SMILES string of the molecule is CC(C)Nc1nc(Nc2ccc(I)cc2Cl)cc(-c2ccccc2)n1. The van der Waals surface area contributed by atoms with Crippen molar-refractivity contribution in [3.63, 3.8) is 0 Å². The number of hydrogen-bond donors (Lipinski definition) is 2. The van der Waals surface area contributed by atoms with Gasteiger partial charge in [0.2, 0.25) is 5.95 Å². The minimum atomic E-state index is 0.237. The van der Waals surface area contributed by atoms with Crippen LogP contribution >= 0.6 is 34.2 Å². The summed E-state index contributed by atoms with van der Waals surface area (Å²) < 4.78 is 1.09. The van der Waals surface area contributed by atoms with Crippen molar-refractivity contribution in [2.24, 2.45) is 0 Å². The molecule has 1 heterocycles. The van der Waals surface area contributed by atoms with Crippen LogP contribution in [0.2, 0.25) is 5.02 Å². The van der Waals surface area contributed by atoms with Gasteiger partial charge in [-0.2, -0.15) is 4.98 Å². The van der Waals surface area contributed by atoms with Gasteiger partial charge in [0, 0.05) is 21.2 Å². The highest BCUT2D eigenvalue weighted by Gasteiger charge is 2.09. The Bertz CT molecular complexity index is 869. The second-order valence-electron chi connectivity index (χ2n) is 5.88. The van der Waals surface area contributed by atoms with E-state index in [1.54, 1.807) is 0 Å². The van der Waals surface area contributed by atoms with E-state index in [4.69, 9.17) is 11.6 Å². The molecule has 0 aliphatic heterocycles. The summed E-state index contributed by atoms with van der Waals surface area (Å²) in [7, 11) is 0. The fourth-order valence-electron chi connectivity index (χ4n) is 2.32. The Morgan fingerprint density at radius 1 is 1.00 bits per heavy atom. The third kappa shape index (κ3) is 4.83. The van der Waals surface area contributed by atoms with Gasteiger partial charge in [0.05, 0.1) is 16.4 Å². The van der Waals surface area contributed by atoms with Crippen molar-refractivity contribution in [3.8, 4) is 11.3 Å². The zero-order valence-electron chi connectivity index (χ0n) is 13.9. The van der Waals surface area contributed by atoms with E-state index in [0.717, 1.165) is 20.5 Å². The lowest BCUT2D eigenvalue weighted by Crippen LogP contribution is -2.13. The van der Waals surface area contributed by atoms with Crippen LogP contribution < -0.4 is 10.6 Å². The van der Waals surface area contributed by atoms with Gasteiger partial charge in [0.25, 0.3) is 0 Å². The number of rotatable bonds is 5. The molecule has 0 fully saturated rings. The summed E-state index contributed by atoms with van der Waals surface area (Å²) in [6.07, 6.45) is 0. The summed E-state index contributed by atoms with van der Waals surface area (Å²) in [4.78, 5) is 9.19. The third-order valence-corrected chi connectivity index (χ3v) is 4.39. The number of anilines is 3. The Morgan fingerprint density at radius 2 is 1.76 bits per heavy atom. The van der Waals surface area contributed by atoms with Crippen molar-refractivity contribution < 1.29 is 0 Å². The Labute approximate surface area is 166 Å². The number of benzene rings is 2. The first-order valence-corrected chi connectivity index (χ1v) is 9.40. The number of aromatic nitrogens is 2. The molecule has 0 amide bonds. The summed E-state index contributed by atoms with van der Waals surface area (Å²) in [5.41, 5.74) is 2.70. The summed E-state index contributed by atoms with van der Waals surface area (Å²) in [6, 6.07) is 18.1.